The molecular weight excluding hydrogens is 1360 g/mol. The maximum absolute atomic E-state index is 9.38. The molecule has 14 heterocycles. The summed E-state index contributed by atoms with van der Waals surface area (Å²) in [4.78, 5) is 26.4. The smallest absolute Gasteiger partial charge is 0.162 e. The maximum Gasteiger partial charge on any atom is 0.162 e. The summed E-state index contributed by atoms with van der Waals surface area (Å²) in [6.07, 6.45) is 35.2. The molecule has 4 N–H and O–H groups in total. The second-order valence-corrected chi connectivity index (χ2v) is 31.0. The van der Waals surface area contributed by atoms with E-state index in [4.69, 9.17) is 28.4 Å². The van der Waals surface area contributed by atoms with Crippen molar-refractivity contribution < 1.29 is 33.5 Å². The number of piperidine rings is 1. The van der Waals surface area contributed by atoms with Crippen LogP contribution in [0, 0.1) is 24.7 Å². The van der Waals surface area contributed by atoms with E-state index in [1.165, 1.54) is 156 Å². The number of nitrogens with one attached hydrogen (secondary N) is 3. The Labute approximate surface area is 650 Å². The van der Waals surface area contributed by atoms with E-state index in [0.717, 1.165) is 134 Å². The van der Waals surface area contributed by atoms with Crippen LogP contribution in [0.2, 0.25) is 0 Å². The molecule has 10 unspecified atom stereocenters. The number of hydrogen-bond acceptors (Lipinski definition) is 21. The van der Waals surface area contributed by atoms with Gasteiger partial charge in [-0.3, -0.25) is 15.0 Å². The molecule has 23 nitrogen and oxygen atoms in total. The molecule has 5 aromatic heterocycles. The Morgan fingerprint density at radius 3 is 2.09 bits per heavy atom. The van der Waals surface area contributed by atoms with Crippen molar-refractivity contribution in [2.45, 2.75) is 211 Å². The first-order valence-corrected chi connectivity index (χ1v) is 40.5. The van der Waals surface area contributed by atoms with Crippen LogP contribution in [0.15, 0.2) is 104 Å². The van der Waals surface area contributed by atoms with Gasteiger partial charge >= 0.3 is 0 Å². The van der Waals surface area contributed by atoms with E-state index < -0.39 is 0 Å². The molecule has 0 amide bonds. The summed E-state index contributed by atoms with van der Waals surface area (Å²) >= 11 is 0. The number of ether oxygens (including phenoxy) is 6. The Morgan fingerprint density at radius 2 is 1.44 bits per heavy atom. The number of para-hydroxylation sites is 1. The summed E-state index contributed by atoms with van der Waals surface area (Å²) in [5.41, 5.74) is 9.36. The number of tetrazole rings is 1. The third-order valence-electron chi connectivity index (χ3n) is 22.7. The highest BCUT2D eigenvalue weighted by Gasteiger charge is 2.37. The van der Waals surface area contributed by atoms with Crippen LogP contribution in [0.4, 0.5) is 0 Å². The van der Waals surface area contributed by atoms with E-state index in [1.807, 2.05) is 88.3 Å². The summed E-state index contributed by atoms with van der Waals surface area (Å²) in [6.45, 7) is 20.6. The highest BCUT2D eigenvalue weighted by atomic mass is 16.5. The van der Waals surface area contributed by atoms with Crippen LogP contribution in [-0.4, -0.2) is 262 Å². The average Bonchev–Trinajstić information content (AvgIpc) is 1.70. The van der Waals surface area contributed by atoms with Crippen molar-refractivity contribution in [1.82, 2.24) is 80.2 Å². The lowest BCUT2D eigenvalue weighted by Gasteiger charge is -2.33. The Hall–Kier alpha value is -5.90. The number of rotatable bonds is 15. The number of likely N-dealkylation sites (N-methyl/N-ethyl adjacent to an activating group) is 4. The summed E-state index contributed by atoms with van der Waals surface area (Å²) < 4.78 is 34.8. The van der Waals surface area contributed by atoms with E-state index >= 15 is 0 Å². The van der Waals surface area contributed by atoms with Crippen LogP contribution in [-0.2, 0) is 57.8 Å². The highest BCUT2D eigenvalue weighted by Crippen LogP contribution is 2.35. The minimum absolute atomic E-state index is 0. The van der Waals surface area contributed by atoms with Crippen molar-refractivity contribution >= 4 is 0 Å². The van der Waals surface area contributed by atoms with Gasteiger partial charge < -0.3 is 78.5 Å². The van der Waals surface area contributed by atoms with Gasteiger partial charge in [0.15, 0.2) is 6.33 Å². The van der Waals surface area contributed by atoms with Crippen molar-refractivity contribution in [3.63, 3.8) is 0 Å². The second-order valence-electron chi connectivity index (χ2n) is 31.0. The molecule has 10 atom stereocenters. The second kappa shape index (κ2) is 50.2. The molecule has 108 heavy (non-hydrogen) atoms. The van der Waals surface area contributed by atoms with Crippen molar-refractivity contribution in [2.24, 2.45) is 17.8 Å². The van der Waals surface area contributed by atoms with Crippen molar-refractivity contribution in [1.29, 1.82) is 0 Å². The third-order valence-corrected chi connectivity index (χ3v) is 22.7. The maximum atomic E-state index is 9.38. The van der Waals surface area contributed by atoms with Crippen LogP contribution >= 0.6 is 0 Å². The Kier molecular flexibility index (Phi) is 41.5. The Morgan fingerprint density at radius 1 is 0.694 bits per heavy atom. The predicted octanol–water partition coefficient (Wildman–Crippen LogP) is 11.1. The summed E-state index contributed by atoms with van der Waals surface area (Å²) in [7, 11) is 20.4. The first-order valence-electron chi connectivity index (χ1n) is 40.5. The first-order chi connectivity index (χ1) is 52.2. The van der Waals surface area contributed by atoms with Crippen LogP contribution in [0.1, 0.15) is 169 Å². The van der Waals surface area contributed by atoms with Crippen LogP contribution in [0.5, 0.6) is 11.5 Å². The number of likely N-dealkylation sites (tertiary alicyclic amines) is 2. The van der Waals surface area contributed by atoms with E-state index in [2.05, 4.69) is 149 Å². The molecule has 16 rings (SSSR count). The molecule has 1 aliphatic carbocycles. The number of benzene rings is 1. The van der Waals surface area contributed by atoms with Gasteiger partial charge in [-0.15, -0.1) is 10.2 Å². The van der Waals surface area contributed by atoms with Crippen molar-refractivity contribution in [3.05, 3.63) is 143 Å². The lowest BCUT2D eigenvalue weighted by Crippen LogP contribution is -2.41. The van der Waals surface area contributed by atoms with Gasteiger partial charge in [-0.1, -0.05) is 63.9 Å². The Balaban J connectivity index is 0.000000170. The predicted molar refractivity (Wildman–Crippen MR) is 435 cm³/mol. The van der Waals surface area contributed by atoms with Gasteiger partial charge in [-0.2, -0.15) is 4.80 Å². The number of fused-ring (bicyclic) bond motifs is 5. The van der Waals surface area contributed by atoms with Gasteiger partial charge in [0, 0.05) is 159 Å². The third kappa shape index (κ3) is 30.6. The lowest BCUT2D eigenvalue weighted by molar-refractivity contribution is 0.0106. The topological polar surface area (TPSA) is 215 Å². The minimum Gasteiger partial charge on any atom is -0.493 e. The van der Waals surface area contributed by atoms with Gasteiger partial charge in [0.25, 0.3) is 0 Å². The normalized spacial score (nSPS) is 25.7. The number of nitrogens with zero attached hydrogens (tertiary/aromatic N) is 13. The zero-order chi connectivity index (χ0) is 76.0. The minimum atomic E-state index is -0.00583. The van der Waals surface area contributed by atoms with Crippen LogP contribution in [0.25, 0.3) is 0 Å². The van der Waals surface area contributed by atoms with E-state index in [-0.39, 0.29) is 19.6 Å². The number of pyridine rings is 3. The number of methoxy groups -OCH3 is 2. The fraction of sp³-hybridized carbons (Fsp3) is 0.694. The molecule has 0 spiro atoms. The summed E-state index contributed by atoms with van der Waals surface area (Å²) in [6, 6.07) is 25.2. The molecule has 604 valence electrons. The number of aliphatic hydroxyl groups excluding tert-OH is 1. The van der Waals surface area contributed by atoms with Gasteiger partial charge in [-0.25, -0.2) is 0 Å². The number of aryl methyl sites for hydroxylation is 1. The molecule has 1 saturated carbocycles. The number of aliphatic hydroxyl groups is 1. The quantitative estimate of drug-likeness (QED) is 0.0752. The fourth-order valence-electron chi connectivity index (χ4n) is 16.2. The van der Waals surface area contributed by atoms with Gasteiger partial charge in [0.1, 0.15) is 11.5 Å². The van der Waals surface area contributed by atoms with Crippen LogP contribution in [0.3, 0.4) is 0 Å². The molecule has 9 aliphatic heterocycles. The largest absolute Gasteiger partial charge is 0.493 e. The summed E-state index contributed by atoms with van der Waals surface area (Å²) in [5, 5.41) is 30.7. The first kappa shape index (κ1) is 89.3. The molecule has 23 heteroatoms. The standard InChI is InChI=1S/C12H17NO.C11H18N2O.C11H16N2.C10H14N2.C9H12N2O.C8H14N4O.C8H15NO.C8H17NO.C7H15NO.CH4/c1-13-8-7-11(9-13)10-14-12-5-3-2-4-6-12;1-12-5-3-10-4-6-13(7-8-14-2)11(10)9-12;1-13-6-4-11(9-13)7-10-3-2-5-12-8-10;1-8-5-9-7-12(2)4-3-10(9)11-6-8;1-10-7-4-6-12-8-3-2-5-11-9(7)8;1-2-7-3-4-13-5-8(7)12-10-6-9-11-12;1-9-6-2-3-7(9)5-8(10)4-6;1-9-7-5-3-4-6-8(7)10-2;1-8-6-7-4-2-3-5-9-7;/h2-6,11H,7-10H2,1H3;4,6H,3,5,7-9H2,1-2H3;2-3,5,8,11H,4,6-7,9H2,1H3;5-6H,3-4,7H2,1-2H3;2-3,5,7,10H,4,6H2,1H3;6-8H,2-5H2,1H3;6-8,10H,2-5H2,1H3;7-9H,3-6H2,1-2H3;7-8H,2-6H2,1H3;1H4. The molecule has 6 saturated heterocycles. The summed E-state index contributed by atoms with van der Waals surface area (Å²) in [5.74, 6) is 4.09. The molecule has 10 aliphatic rings. The lowest BCUT2D eigenvalue weighted by atomic mass is 9.93. The SMILES string of the molecule is C.CCC1CCOCC1n1ncnn1.CN1C2CCC1CC(O)C2.CN1CCC(COc2ccccc2)C1.CN1CCC(Cc2cccnc2)C1.CNC1CCCCC1OC.CNC1CCOc2cccnc21.CNCC1CCCCO1.COCCn1ccc2c1CN(C)CC2.Cc1cnc2c(c1)CN(C)CC2. The number of hydrogen-bond donors (Lipinski definition) is 4. The molecule has 1 aromatic carbocycles. The van der Waals surface area contributed by atoms with Gasteiger partial charge in [-0.05, 0) is 242 Å². The molecule has 2 bridgehead atoms. The molecule has 0 radical (unpaired) electrons. The molecule has 6 aromatic rings. The molecule has 7 fully saturated rings. The monoisotopic (exact) mass is 1500 g/mol. The average molecular weight is 1500 g/mol. The highest BCUT2D eigenvalue weighted by molar-refractivity contribution is 5.31. The van der Waals surface area contributed by atoms with E-state index in [0.29, 0.717) is 48.2 Å². The Bertz CT molecular complexity index is 3250. The van der Waals surface area contributed by atoms with Crippen molar-refractivity contribution in [3.8, 4) is 11.5 Å². The van der Waals surface area contributed by atoms with Crippen LogP contribution < -0.4 is 25.4 Å². The zero-order valence-electron chi connectivity index (χ0n) is 67.6. The van der Waals surface area contributed by atoms with E-state index in [9.17, 15) is 5.11 Å². The zero-order valence-corrected chi connectivity index (χ0v) is 67.6. The van der Waals surface area contributed by atoms with Gasteiger partial charge in [0.05, 0.1) is 62.5 Å². The van der Waals surface area contributed by atoms with Gasteiger partial charge in [0.2, 0.25) is 0 Å². The fourth-order valence-corrected chi connectivity index (χ4v) is 16.2. The van der Waals surface area contributed by atoms with Crippen molar-refractivity contribution in [2.75, 3.05) is 156 Å². The number of aromatic nitrogens is 8. The van der Waals surface area contributed by atoms with E-state index in [1.54, 1.807) is 25.2 Å². The molecular formula is C85H142N16O7.